The van der Waals surface area contributed by atoms with E-state index in [-0.39, 0.29) is 6.10 Å². The van der Waals surface area contributed by atoms with Gasteiger partial charge in [-0.05, 0) is 20.3 Å². The highest BCUT2D eigenvalue weighted by atomic mass is 16.5. The van der Waals surface area contributed by atoms with Crippen molar-refractivity contribution in [3.05, 3.63) is 0 Å². The summed E-state index contributed by atoms with van der Waals surface area (Å²) in [7, 11) is 3.79. The lowest BCUT2D eigenvalue weighted by Crippen LogP contribution is -2.18. The van der Waals surface area contributed by atoms with Gasteiger partial charge in [0.05, 0.1) is 6.10 Å². The molecule has 0 fully saturated rings. The van der Waals surface area contributed by atoms with Crippen LogP contribution in [-0.4, -0.2) is 41.7 Å². The lowest BCUT2D eigenvalue weighted by molar-refractivity contribution is 0.192. The molecule has 0 saturated carbocycles. The molecule has 0 aromatic carbocycles. The Bertz CT molecular complexity index is 369. The van der Waals surface area contributed by atoms with Crippen LogP contribution in [0, 0.1) is 0 Å². The quantitative estimate of drug-likeness (QED) is 0.801. The minimum atomic E-state index is 0.113. The van der Waals surface area contributed by atoms with Gasteiger partial charge in [-0.3, -0.25) is 0 Å². The summed E-state index contributed by atoms with van der Waals surface area (Å²) < 4.78 is 5.70. The summed E-state index contributed by atoms with van der Waals surface area (Å²) in [6.07, 6.45) is 2.17. The van der Waals surface area contributed by atoms with E-state index in [1.807, 2.05) is 32.8 Å². The first-order valence-electron chi connectivity index (χ1n) is 6.40. The van der Waals surface area contributed by atoms with Gasteiger partial charge in [0.1, 0.15) is 0 Å². The highest BCUT2D eigenvalue weighted by Gasteiger charge is 2.11. The van der Waals surface area contributed by atoms with E-state index in [2.05, 4.69) is 27.2 Å². The number of anilines is 2. The van der Waals surface area contributed by atoms with Crippen LogP contribution in [0.4, 0.5) is 11.9 Å². The van der Waals surface area contributed by atoms with E-state index in [4.69, 9.17) is 4.74 Å². The molecule has 1 atom stereocenters. The van der Waals surface area contributed by atoms with E-state index < -0.39 is 0 Å². The van der Waals surface area contributed by atoms with Crippen LogP contribution in [-0.2, 0) is 0 Å². The van der Waals surface area contributed by atoms with Gasteiger partial charge in [0.2, 0.25) is 11.9 Å². The van der Waals surface area contributed by atoms with E-state index in [9.17, 15) is 0 Å². The molecule has 0 amide bonds. The van der Waals surface area contributed by atoms with Crippen molar-refractivity contribution in [3.63, 3.8) is 0 Å². The second kappa shape index (κ2) is 6.98. The van der Waals surface area contributed by atoms with Gasteiger partial charge in [-0.1, -0.05) is 13.3 Å². The Balaban J connectivity index is 2.88. The Morgan fingerprint density at radius 3 is 2.50 bits per heavy atom. The van der Waals surface area contributed by atoms with Crippen molar-refractivity contribution in [3.8, 4) is 6.01 Å². The summed E-state index contributed by atoms with van der Waals surface area (Å²) in [5.74, 6) is 1.15. The monoisotopic (exact) mass is 253 g/mol. The summed E-state index contributed by atoms with van der Waals surface area (Å²) in [6, 6.07) is 0.380. The molecule has 6 nitrogen and oxygen atoms in total. The summed E-state index contributed by atoms with van der Waals surface area (Å²) in [5, 5.41) is 3.08. The SMILES string of the molecule is CCCC(C)Oc1nc(NCC)nc(N(C)C)n1. The fourth-order valence-corrected chi connectivity index (χ4v) is 1.48. The molecule has 1 unspecified atom stereocenters. The number of rotatable bonds is 7. The van der Waals surface area contributed by atoms with Gasteiger partial charge in [0.25, 0.3) is 0 Å². The Morgan fingerprint density at radius 2 is 1.94 bits per heavy atom. The smallest absolute Gasteiger partial charge is 0.323 e. The minimum absolute atomic E-state index is 0.113. The molecular formula is C12H23N5O. The molecule has 102 valence electrons. The third-order valence-corrected chi connectivity index (χ3v) is 2.34. The Hall–Kier alpha value is -1.59. The molecule has 1 aromatic rings. The largest absolute Gasteiger partial charge is 0.460 e. The number of aromatic nitrogens is 3. The fourth-order valence-electron chi connectivity index (χ4n) is 1.48. The van der Waals surface area contributed by atoms with E-state index in [0.717, 1.165) is 19.4 Å². The molecule has 0 bridgehead atoms. The first-order chi connectivity index (χ1) is 8.56. The van der Waals surface area contributed by atoms with E-state index in [1.165, 1.54) is 0 Å². The predicted molar refractivity (Wildman–Crippen MR) is 73.3 cm³/mol. The number of hydrogen-bond acceptors (Lipinski definition) is 6. The first kappa shape index (κ1) is 14.5. The van der Waals surface area contributed by atoms with Crippen LogP contribution in [0.2, 0.25) is 0 Å². The fraction of sp³-hybridized carbons (Fsp3) is 0.750. The molecule has 0 saturated heterocycles. The normalized spacial score (nSPS) is 12.1. The van der Waals surface area contributed by atoms with Crippen LogP contribution >= 0.6 is 0 Å². The Kier molecular flexibility index (Phi) is 5.61. The van der Waals surface area contributed by atoms with Crippen molar-refractivity contribution in [2.24, 2.45) is 0 Å². The number of nitrogens with one attached hydrogen (secondary N) is 1. The summed E-state index contributed by atoms with van der Waals surface area (Å²) >= 11 is 0. The van der Waals surface area contributed by atoms with Crippen LogP contribution in [0.15, 0.2) is 0 Å². The number of nitrogens with zero attached hydrogens (tertiary/aromatic N) is 4. The second-order valence-electron chi connectivity index (χ2n) is 4.38. The number of hydrogen-bond donors (Lipinski definition) is 1. The van der Waals surface area contributed by atoms with Crippen molar-refractivity contribution >= 4 is 11.9 Å². The number of ether oxygens (including phenoxy) is 1. The molecular weight excluding hydrogens is 230 g/mol. The van der Waals surface area contributed by atoms with E-state index in [1.54, 1.807) is 0 Å². The summed E-state index contributed by atoms with van der Waals surface area (Å²) in [5.41, 5.74) is 0. The van der Waals surface area contributed by atoms with E-state index in [0.29, 0.717) is 17.9 Å². The molecule has 1 N–H and O–H groups in total. The topological polar surface area (TPSA) is 63.2 Å². The highest BCUT2D eigenvalue weighted by molar-refractivity contribution is 5.36. The highest BCUT2D eigenvalue weighted by Crippen LogP contribution is 2.15. The van der Waals surface area contributed by atoms with Crippen LogP contribution in [0.5, 0.6) is 6.01 Å². The zero-order valence-electron chi connectivity index (χ0n) is 11.9. The van der Waals surface area contributed by atoms with Crippen molar-refractivity contribution < 1.29 is 4.74 Å². The maximum atomic E-state index is 5.70. The summed E-state index contributed by atoms with van der Waals surface area (Å²) in [6.45, 7) is 6.92. The van der Waals surface area contributed by atoms with Gasteiger partial charge >= 0.3 is 6.01 Å². The van der Waals surface area contributed by atoms with Gasteiger partial charge in [-0.25, -0.2) is 0 Å². The van der Waals surface area contributed by atoms with Gasteiger partial charge in [0, 0.05) is 20.6 Å². The van der Waals surface area contributed by atoms with Gasteiger partial charge in [-0.2, -0.15) is 15.0 Å². The molecule has 18 heavy (non-hydrogen) atoms. The molecule has 0 aliphatic carbocycles. The summed E-state index contributed by atoms with van der Waals surface area (Å²) in [4.78, 5) is 14.6. The Labute approximate surface area is 109 Å². The average Bonchev–Trinajstić information content (AvgIpc) is 2.29. The van der Waals surface area contributed by atoms with Crippen molar-refractivity contribution in [1.29, 1.82) is 0 Å². The molecule has 0 radical (unpaired) electrons. The lowest BCUT2D eigenvalue weighted by atomic mass is 10.2. The molecule has 1 heterocycles. The third-order valence-electron chi connectivity index (χ3n) is 2.34. The molecule has 1 aromatic heterocycles. The van der Waals surface area contributed by atoms with E-state index >= 15 is 0 Å². The molecule has 0 spiro atoms. The molecule has 0 aliphatic heterocycles. The standard InChI is InChI=1S/C12H23N5O/c1-6-8-9(3)18-12-15-10(13-7-2)14-11(16-12)17(4)5/h9H,6-8H2,1-5H3,(H,13,14,15,16). The first-order valence-corrected chi connectivity index (χ1v) is 6.40. The lowest BCUT2D eigenvalue weighted by Gasteiger charge is -2.16. The van der Waals surface area contributed by atoms with Crippen LogP contribution in [0.25, 0.3) is 0 Å². The van der Waals surface area contributed by atoms with Crippen LogP contribution in [0.3, 0.4) is 0 Å². The average molecular weight is 253 g/mol. The van der Waals surface area contributed by atoms with Crippen molar-refractivity contribution in [2.75, 3.05) is 30.9 Å². The van der Waals surface area contributed by atoms with Crippen LogP contribution in [0.1, 0.15) is 33.6 Å². The molecule has 1 rings (SSSR count). The Morgan fingerprint density at radius 1 is 1.22 bits per heavy atom. The van der Waals surface area contributed by atoms with Gasteiger partial charge in [0.15, 0.2) is 0 Å². The second-order valence-corrected chi connectivity index (χ2v) is 4.38. The maximum Gasteiger partial charge on any atom is 0.323 e. The zero-order chi connectivity index (χ0) is 13.5. The third kappa shape index (κ3) is 4.35. The predicted octanol–water partition coefficient (Wildman–Crippen LogP) is 1.94. The molecule has 0 aliphatic rings. The molecule has 6 heteroatoms. The van der Waals surface area contributed by atoms with Gasteiger partial charge < -0.3 is 15.0 Å². The maximum absolute atomic E-state index is 5.70. The van der Waals surface area contributed by atoms with Crippen LogP contribution < -0.4 is 15.0 Å². The van der Waals surface area contributed by atoms with Crippen molar-refractivity contribution in [1.82, 2.24) is 15.0 Å². The van der Waals surface area contributed by atoms with Crippen molar-refractivity contribution in [2.45, 2.75) is 39.7 Å². The van der Waals surface area contributed by atoms with Gasteiger partial charge in [-0.15, -0.1) is 0 Å². The zero-order valence-corrected chi connectivity index (χ0v) is 11.9. The minimum Gasteiger partial charge on any atom is -0.460 e.